The van der Waals surface area contributed by atoms with E-state index in [1.165, 1.54) is 0 Å². The van der Waals surface area contributed by atoms with E-state index in [9.17, 15) is 9.59 Å². The maximum absolute atomic E-state index is 13.4. The summed E-state index contributed by atoms with van der Waals surface area (Å²) in [6, 6.07) is 12.7. The number of aryl methyl sites for hydroxylation is 1. The summed E-state index contributed by atoms with van der Waals surface area (Å²) in [4.78, 5) is 27.9. The van der Waals surface area contributed by atoms with Crippen LogP contribution in [0.3, 0.4) is 0 Å². The predicted molar refractivity (Wildman–Crippen MR) is 129 cm³/mol. The van der Waals surface area contributed by atoms with Crippen LogP contribution in [0.1, 0.15) is 44.2 Å². The van der Waals surface area contributed by atoms with Gasteiger partial charge in [0.1, 0.15) is 11.8 Å². The van der Waals surface area contributed by atoms with Crippen LogP contribution in [0.5, 0.6) is 17.2 Å². The molecular weight excluding hydrogens is 420 g/mol. The minimum atomic E-state index is -0.531. The maximum Gasteiger partial charge on any atom is 0.242 e. The monoisotopic (exact) mass is 456 g/mol. The molecule has 180 valence electrons. The lowest BCUT2D eigenvalue weighted by atomic mass is 10.1. The van der Waals surface area contributed by atoms with Crippen LogP contribution in [0.15, 0.2) is 42.5 Å². The van der Waals surface area contributed by atoms with Crippen LogP contribution in [0.2, 0.25) is 0 Å². The number of nitrogens with zero attached hydrogens (tertiary/aromatic N) is 1. The number of benzene rings is 2. The lowest BCUT2D eigenvalue weighted by Gasteiger charge is -2.31. The third kappa shape index (κ3) is 7.41. The maximum atomic E-state index is 13.4. The number of carbonyl (C=O) groups is 2. The van der Waals surface area contributed by atoms with Crippen molar-refractivity contribution in [1.82, 2.24) is 10.2 Å². The number of amides is 2. The minimum absolute atomic E-state index is 0.0703. The summed E-state index contributed by atoms with van der Waals surface area (Å²) >= 11 is 0. The molecule has 0 spiro atoms. The van der Waals surface area contributed by atoms with Crippen molar-refractivity contribution in [3.05, 3.63) is 53.6 Å². The largest absolute Gasteiger partial charge is 0.497 e. The Hall–Kier alpha value is -3.22. The molecule has 2 rings (SSSR count). The molecule has 0 aliphatic rings. The molecule has 2 amide bonds. The van der Waals surface area contributed by atoms with Crippen molar-refractivity contribution in [3.63, 3.8) is 0 Å². The van der Waals surface area contributed by atoms with Gasteiger partial charge in [-0.05, 0) is 54.7 Å². The van der Waals surface area contributed by atoms with E-state index in [0.29, 0.717) is 37.4 Å². The molecule has 2 aromatic rings. The summed E-state index contributed by atoms with van der Waals surface area (Å²) in [5.41, 5.74) is 1.91. The van der Waals surface area contributed by atoms with E-state index < -0.39 is 6.04 Å². The first-order valence-corrected chi connectivity index (χ1v) is 11.4. The number of ether oxygens (including phenoxy) is 3. The van der Waals surface area contributed by atoms with Gasteiger partial charge in [-0.15, -0.1) is 0 Å². The average Bonchev–Trinajstić information content (AvgIpc) is 2.85. The number of nitrogens with one attached hydrogen (secondary N) is 1. The van der Waals surface area contributed by atoms with Gasteiger partial charge in [0.15, 0.2) is 11.5 Å². The number of rotatable bonds is 13. The van der Waals surface area contributed by atoms with Gasteiger partial charge >= 0.3 is 0 Å². The highest BCUT2D eigenvalue weighted by molar-refractivity contribution is 5.87. The first-order valence-electron chi connectivity index (χ1n) is 11.4. The van der Waals surface area contributed by atoms with Gasteiger partial charge in [-0.2, -0.15) is 0 Å². The summed E-state index contributed by atoms with van der Waals surface area (Å²) in [6.07, 6.45) is 2.19. The Bertz CT molecular complexity index is 898. The lowest BCUT2D eigenvalue weighted by Crippen LogP contribution is -2.49. The Morgan fingerprint density at radius 3 is 2.15 bits per heavy atom. The third-order valence-corrected chi connectivity index (χ3v) is 5.52. The Morgan fingerprint density at radius 2 is 1.58 bits per heavy atom. The van der Waals surface area contributed by atoms with Gasteiger partial charge in [0.2, 0.25) is 11.8 Å². The fraction of sp³-hybridized carbons (Fsp3) is 0.462. The molecule has 0 aliphatic heterocycles. The van der Waals surface area contributed by atoms with Crippen LogP contribution in [-0.2, 0) is 22.6 Å². The van der Waals surface area contributed by atoms with E-state index in [2.05, 4.69) is 5.32 Å². The Morgan fingerprint density at radius 1 is 0.909 bits per heavy atom. The van der Waals surface area contributed by atoms with Crippen molar-refractivity contribution in [1.29, 1.82) is 0 Å². The molecule has 0 heterocycles. The van der Waals surface area contributed by atoms with Crippen LogP contribution in [0, 0.1) is 0 Å². The normalized spacial score (nSPS) is 11.4. The van der Waals surface area contributed by atoms with Crippen LogP contribution in [0.25, 0.3) is 0 Å². The first kappa shape index (κ1) is 26.0. The molecule has 0 aliphatic carbocycles. The fourth-order valence-corrected chi connectivity index (χ4v) is 3.64. The topological polar surface area (TPSA) is 77.1 Å². The molecule has 2 aromatic carbocycles. The lowest BCUT2D eigenvalue weighted by molar-refractivity contribution is -0.141. The van der Waals surface area contributed by atoms with E-state index in [4.69, 9.17) is 14.2 Å². The molecule has 7 heteroatoms. The highest BCUT2D eigenvalue weighted by atomic mass is 16.5. The molecular formula is C26H36N2O5. The van der Waals surface area contributed by atoms with Crippen molar-refractivity contribution in [2.75, 3.05) is 27.9 Å². The van der Waals surface area contributed by atoms with Gasteiger partial charge in [0, 0.05) is 19.5 Å². The standard InChI is InChI=1S/C26H36N2O5/c1-6-16-27-26(30)22(7-2)28(18-20-8-12-21(31-3)13-9-20)25(29)15-11-19-10-14-23(32-4)24(17-19)33-5/h8-10,12-14,17,22H,6-7,11,15-16,18H2,1-5H3,(H,27,30)/t22-/m1/s1. The molecule has 0 bridgehead atoms. The second-order valence-electron chi connectivity index (χ2n) is 7.77. The van der Waals surface area contributed by atoms with Crippen molar-refractivity contribution in [2.24, 2.45) is 0 Å². The van der Waals surface area contributed by atoms with Crippen LogP contribution in [-0.4, -0.2) is 50.6 Å². The summed E-state index contributed by atoms with van der Waals surface area (Å²) < 4.78 is 15.9. The van der Waals surface area contributed by atoms with Crippen molar-refractivity contribution in [3.8, 4) is 17.2 Å². The number of hydrogen-bond donors (Lipinski definition) is 1. The van der Waals surface area contributed by atoms with E-state index >= 15 is 0 Å². The number of hydrogen-bond acceptors (Lipinski definition) is 5. The van der Waals surface area contributed by atoms with E-state index in [0.717, 1.165) is 23.3 Å². The van der Waals surface area contributed by atoms with Gasteiger partial charge < -0.3 is 24.4 Å². The Labute approximate surface area is 197 Å². The Balaban J connectivity index is 2.21. The zero-order valence-corrected chi connectivity index (χ0v) is 20.3. The second kappa shape index (κ2) is 13.4. The smallest absolute Gasteiger partial charge is 0.242 e. The van der Waals surface area contributed by atoms with Crippen LogP contribution in [0.4, 0.5) is 0 Å². The summed E-state index contributed by atoms with van der Waals surface area (Å²) in [6.45, 7) is 4.88. The van der Waals surface area contributed by atoms with Gasteiger partial charge in [-0.1, -0.05) is 32.0 Å². The molecule has 1 atom stereocenters. The van der Waals surface area contributed by atoms with Crippen LogP contribution < -0.4 is 19.5 Å². The zero-order chi connectivity index (χ0) is 24.2. The third-order valence-electron chi connectivity index (χ3n) is 5.52. The quantitative estimate of drug-likeness (QED) is 0.493. The highest BCUT2D eigenvalue weighted by Gasteiger charge is 2.28. The van der Waals surface area contributed by atoms with Crippen LogP contribution >= 0.6 is 0 Å². The second-order valence-corrected chi connectivity index (χ2v) is 7.77. The summed E-state index contributed by atoms with van der Waals surface area (Å²) in [5.74, 6) is 1.83. The van der Waals surface area contributed by atoms with E-state index in [-0.39, 0.29) is 18.2 Å². The number of methoxy groups -OCH3 is 3. The molecule has 0 saturated carbocycles. The zero-order valence-electron chi connectivity index (χ0n) is 20.3. The van der Waals surface area contributed by atoms with Gasteiger partial charge in [-0.3, -0.25) is 9.59 Å². The molecule has 1 N–H and O–H groups in total. The van der Waals surface area contributed by atoms with Crippen molar-refractivity contribution < 1.29 is 23.8 Å². The van der Waals surface area contributed by atoms with E-state index in [1.54, 1.807) is 26.2 Å². The highest BCUT2D eigenvalue weighted by Crippen LogP contribution is 2.28. The summed E-state index contributed by atoms with van der Waals surface area (Å²) in [7, 11) is 4.79. The van der Waals surface area contributed by atoms with Gasteiger partial charge in [0.25, 0.3) is 0 Å². The molecule has 0 radical (unpaired) electrons. The minimum Gasteiger partial charge on any atom is -0.497 e. The predicted octanol–water partition coefficient (Wildman–Crippen LogP) is 3.98. The van der Waals surface area contributed by atoms with Gasteiger partial charge in [-0.25, -0.2) is 0 Å². The average molecular weight is 457 g/mol. The fourth-order valence-electron chi connectivity index (χ4n) is 3.64. The Kier molecular flexibility index (Phi) is 10.5. The molecule has 7 nitrogen and oxygen atoms in total. The van der Waals surface area contributed by atoms with E-state index in [1.807, 2.05) is 56.3 Å². The molecule has 0 aromatic heterocycles. The molecule has 0 unspecified atom stereocenters. The van der Waals surface area contributed by atoms with Crippen molar-refractivity contribution >= 4 is 11.8 Å². The van der Waals surface area contributed by atoms with Crippen molar-refractivity contribution in [2.45, 2.75) is 52.1 Å². The first-order chi connectivity index (χ1) is 16.0. The molecule has 33 heavy (non-hydrogen) atoms. The molecule has 0 saturated heterocycles. The summed E-state index contributed by atoms with van der Waals surface area (Å²) in [5, 5.41) is 2.94. The molecule has 0 fully saturated rings. The SMILES string of the molecule is CCCNC(=O)[C@@H](CC)N(Cc1ccc(OC)cc1)C(=O)CCc1ccc(OC)c(OC)c1. The van der Waals surface area contributed by atoms with Gasteiger partial charge in [0.05, 0.1) is 21.3 Å². The number of carbonyl (C=O) groups excluding carboxylic acids is 2.